The Balaban J connectivity index is 1.56. The minimum absolute atomic E-state index is 0.0162. The van der Waals surface area contributed by atoms with E-state index in [4.69, 9.17) is 0 Å². The van der Waals surface area contributed by atoms with Crippen molar-refractivity contribution in [1.29, 1.82) is 0 Å². The highest BCUT2D eigenvalue weighted by molar-refractivity contribution is 8.01. The number of amides is 1. The van der Waals surface area contributed by atoms with Crippen LogP contribution in [-0.2, 0) is 17.9 Å². The summed E-state index contributed by atoms with van der Waals surface area (Å²) in [7, 11) is 0. The maximum Gasteiger partial charge on any atom is 0.230 e. The van der Waals surface area contributed by atoms with Crippen molar-refractivity contribution in [1.82, 2.24) is 25.3 Å². The molecule has 0 fully saturated rings. The van der Waals surface area contributed by atoms with E-state index in [0.717, 1.165) is 32.8 Å². The lowest BCUT2D eigenvalue weighted by atomic mass is 10.2. The Morgan fingerprint density at radius 1 is 1.19 bits per heavy atom. The zero-order valence-electron chi connectivity index (χ0n) is 15.0. The maximum absolute atomic E-state index is 12.1. The summed E-state index contributed by atoms with van der Waals surface area (Å²) in [6.45, 7) is 7.15. The number of rotatable bonds is 7. The highest BCUT2D eigenvalue weighted by Gasteiger charge is 2.13. The summed E-state index contributed by atoms with van der Waals surface area (Å²) in [6.07, 6.45) is 0. The van der Waals surface area contributed by atoms with E-state index in [0.29, 0.717) is 12.3 Å². The number of nitrogens with zero attached hydrogens (tertiary/aromatic N) is 4. The first kappa shape index (κ1) is 18.6. The molecule has 0 saturated carbocycles. The van der Waals surface area contributed by atoms with E-state index in [9.17, 15) is 4.79 Å². The van der Waals surface area contributed by atoms with E-state index in [1.54, 1.807) is 0 Å². The zero-order valence-corrected chi connectivity index (χ0v) is 16.7. The summed E-state index contributed by atoms with van der Waals surface area (Å²) in [4.78, 5) is 12.1. The molecule has 1 amide bonds. The molecule has 2 heterocycles. The highest BCUT2D eigenvalue weighted by Crippen LogP contribution is 2.21. The van der Waals surface area contributed by atoms with Crippen LogP contribution in [0.2, 0.25) is 0 Å². The van der Waals surface area contributed by atoms with Gasteiger partial charge < -0.3 is 5.32 Å². The summed E-state index contributed by atoms with van der Waals surface area (Å²) in [5.74, 6) is 0.322. The van der Waals surface area contributed by atoms with Gasteiger partial charge in [0.05, 0.1) is 18.0 Å². The lowest BCUT2D eigenvalue weighted by molar-refractivity contribution is -0.118. The normalized spacial score (nSPS) is 10.9. The van der Waals surface area contributed by atoms with Gasteiger partial charge in [-0.25, -0.2) is 0 Å². The number of hydrogen-bond acceptors (Lipinski definition) is 6. The Morgan fingerprint density at radius 3 is 2.65 bits per heavy atom. The number of nitrogens with one attached hydrogen (secondary N) is 1. The van der Waals surface area contributed by atoms with Crippen molar-refractivity contribution in [2.24, 2.45) is 0 Å². The van der Waals surface area contributed by atoms with E-state index in [1.807, 2.05) is 43.7 Å². The molecule has 2 aromatic heterocycles. The first-order valence-corrected chi connectivity index (χ1v) is 10.1. The van der Waals surface area contributed by atoms with Crippen LogP contribution >= 0.6 is 23.1 Å². The van der Waals surface area contributed by atoms with Gasteiger partial charge in [-0.3, -0.25) is 9.48 Å². The van der Waals surface area contributed by atoms with Crippen molar-refractivity contribution in [3.05, 3.63) is 57.9 Å². The molecule has 0 saturated heterocycles. The van der Waals surface area contributed by atoms with Crippen LogP contribution in [0.1, 0.15) is 27.5 Å². The molecule has 3 aromatic rings. The molecule has 136 valence electrons. The van der Waals surface area contributed by atoms with Crippen molar-refractivity contribution in [3.63, 3.8) is 0 Å². The predicted octanol–water partition coefficient (Wildman–Crippen LogP) is 3.12. The summed E-state index contributed by atoms with van der Waals surface area (Å²) < 4.78 is 2.81. The molecule has 0 bridgehead atoms. The van der Waals surface area contributed by atoms with E-state index >= 15 is 0 Å². The Bertz CT molecular complexity index is 888. The van der Waals surface area contributed by atoms with Crippen LogP contribution in [0.5, 0.6) is 0 Å². The van der Waals surface area contributed by atoms with E-state index in [2.05, 4.69) is 32.7 Å². The largest absolute Gasteiger partial charge is 0.351 e. The Hall–Kier alpha value is -2.19. The predicted molar refractivity (Wildman–Crippen MR) is 104 cm³/mol. The summed E-state index contributed by atoms with van der Waals surface area (Å²) in [6, 6.07) is 10.2. The molecular formula is C18H21N5OS2. The Labute approximate surface area is 161 Å². The molecule has 0 aliphatic heterocycles. The third-order valence-corrected chi connectivity index (χ3v) is 5.98. The topological polar surface area (TPSA) is 72.7 Å². The van der Waals surface area contributed by atoms with Gasteiger partial charge in [0.25, 0.3) is 0 Å². The fourth-order valence-electron chi connectivity index (χ4n) is 2.60. The van der Waals surface area contributed by atoms with Crippen molar-refractivity contribution in [3.8, 4) is 0 Å². The molecule has 0 atom stereocenters. The standard InChI is InChI=1S/C18H21N5OS2/c1-12-16(9-19-17(24)11-25-18-21-20-14(3)26-18)13(2)23(22-12)10-15-7-5-4-6-8-15/h4-8H,9-11H2,1-3H3,(H,19,24). The molecule has 1 aromatic carbocycles. The monoisotopic (exact) mass is 387 g/mol. The second-order valence-corrected chi connectivity index (χ2v) is 8.35. The Kier molecular flexibility index (Phi) is 6.05. The van der Waals surface area contributed by atoms with Crippen LogP contribution in [0.15, 0.2) is 34.7 Å². The average molecular weight is 388 g/mol. The zero-order chi connectivity index (χ0) is 18.5. The number of hydrogen-bond donors (Lipinski definition) is 1. The van der Waals surface area contributed by atoms with Gasteiger partial charge in [-0.05, 0) is 26.3 Å². The molecule has 0 spiro atoms. The number of benzene rings is 1. The highest BCUT2D eigenvalue weighted by atomic mass is 32.2. The third-order valence-electron chi connectivity index (χ3n) is 4.00. The van der Waals surface area contributed by atoms with Crippen molar-refractivity contribution < 1.29 is 4.79 Å². The van der Waals surface area contributed by atoms with Crippen LogP contribution < -0.4 is 5.32 Å². The molecule has 8 heteroatoms. The van der Waals surface area contributed by atoms with E-state index in [1.165, 1.54) is 28.7 Å². The van der Waals surface area contributed by atoms with E-state index in [-0.39, 0.29) is 5.91 Å². The van der Waals surface area contributed by atoms with Gasteiger partial charge >= 0.3 is 0 Å². The van der Waals surface area contributed by atoms with Crippen molar-refractivity contribution in [2.75, 3.05) is 5.75 Å². The molecule has 3 rings (SSSR count). The minimum atomic E-state index is -0.0162. The first-order chi connectivity index (χ1) is 12.5. The molecular weight excluding hydrogens is 366 g/mol. The average Bonchev–Trinajstić information content (AvgIpc) is 3.16. The Morgan fingerprint density at radius 2 is 1.96 bits per heavy atom. The van der Waals surface area contributed by atoms with Gasteiger partial charge in [-0.15, -0.1) is 10.2 Å². The maximum atomic E-state index is 12.1. The second kappa shape index (κ2) is 8.46. The quantitative estimate of drug-likeness (QED) is 0.631. The van der Waals surface area contributed by atoms with Crippen molar-refractivity contribution >= 4 is 29.0 Å². The minimum Gasteiger partial charge on any atom is -0.351 e. The van der Waals surface area contributed by atoms with Crippen LogP contribution in [0.3, 0.4) is 0 Å². The molecule has 1 N–H and O–H groups in total. The number of aryl methyl sites for hydroxylation is 2. The van der Waals surface area contributed by atoms with Gasteiger partial charge in [-0.1, -0.05) is 53.4 Å². The molecule has 0 aliphatic carbocycles. The number of thioether (sulfide) groups is 1. The fraction of sp³-hybridized carbons (Fsp3) is 0.333. The first-order valence-electron chi connectivity index (χ1n) is 8.29. The second-order valence-electron chi connectivity index (χ2n) is 5.95. The van der Waals surface area contributed by atoms with Gasteiger partial charge in [0, 0.05) is 17.8 Å². The van der Waals surface area contributed by atoms with Crippen molar-refractivity contribution in [2.45, 2.75) is 38.2 Å². The van der Waals surface area contributed by atoms with Gasteiger partial charge in [0.1, 0.15) is 5.01 Å². The molecule has 6 nitrogen and oxygen atoms in total. The number of aromatic nitrogens is 4. The molecule has 0 radical (unpaired) electrons. The smallest absolute Gasteiger partial charge is 0.230 e. The molecule has 0 aliphatic rings. The molecule has 0 unspecified atom stereocenters. The van der Waals surface area contributed by atoms with Crippen LogP contribution in [0.25, 0.3) is 0 Å². The van der Waals surface area contributed by atoms with Gasteiger partial charge in [0.2, 0.25) is 5.91 Å². The van der Waals surface area contributed by atoms with Crippen LogP contribution in [0, 0.1) is 20.8 Å². The summed E-state index contributed by atoms with van der Waals surface area (Å²) in [5, 5.41) is 16.5. The molecule has 26 heavy (non-hydrogen) atoms. The van der Waals surface area contributed by atoms with Crippen LogP contribution in [0.4, 0.5) is 0 Å². The summed E-state index contributed by atoms with van der Waals surface area (Å²) in [5.41, 5.74) is 4.31. The van der Waals surface area contributed by atoms with Gasteiger partial charge in [0.15, 0.2) is 4.34 Å². The summed E-state index contributed by atoms with van der Waals surface area (Å²) >= 11 is 2.91. The SMILES string of the molecule is Cc1nnc(SCC(=O)NCc2c(C)nn(Cc3ccccc3)c2C)s1. The number of carbonyl (C=O) groups excluding carboxylic acids is 1. The van der Waals surface area contributed by atoms with E-state index < -0.39 is 0 Å². The van der Waals surface area contributed by atoms with Crippen LogP contribution in [-0.4, -0.2) is 31.6 Å². The van der Waals surface area contributed by atoms with Gasteiger partial charge in [-0.2, -0.15) is 5.10 Å². The fourth-order valence-corrected chi connectivity index (χ4v) is 4.25. The lowest BCUT2D eigenvalue weighted by Crippen LogP contribution is -2.25. The number of carbonyl (C=O) groups is 1. The lowest BCUT2D eigenvalue weighted by Gasteiger charge is -2.07. The third kappa shape index (κ3) is 4.70.